The van der Waals surface area contributed by atoms with Gasteiger partial charge in [-0.2, -0.15) is 0 Å². The summed E-state index contributed by atoms with van der Waals surface area (Å²) in [7, 11) is -3.21. The fraction of sp³-hybridized carbons (Fsp3) is 0.188. The van der Waals surface area contributed by atoms with Crippen LogP contribution in [0.4, 0.5) is 5.69 Å². The number of nitrogens with one attached hydrogen (secondary N) is 1. The number of aromatic nitrogens is 2. The highest BCUT2D eigenvalue weighted by molar-refractivity contribution is 7.93. The zero-order valence-corrected chi connectivity index (χ0v) is 12.6. The lowest BCUT2D eigenvalue weighted by Gasteiger charge is -2.07. The van der Waals surface area contributed by atoms with E-state index in [4.69, 9.17) is 0 Å². The van der Waals surface area contributed by atoms with Crippen molar-refractivity contribution in [2.45, 2.75) is 18.1 Å². The molecular formula is C16H15N3O2S. The van der Waals surface area contributed by atoms with Gasteiger partial charge in [-0.25, -0.2) is 13.4 Å². The molecule has 1 aliphatic carbocycles. The van der Waals surface area contributed by atoms with Gasteiger partial charge in [0, 0.05) is 23.6 Å². The van der Waals surface area contributed by atoms with Gasteiger partial charge in [0.1, 0.15) is 5.65 Å². The van der Waals surface area contributed by atoms with Gasteiger partial charge in [0.15, 0.2) is 0 Å². The van der Waals surface area contributed by atoms with Gasteiger partial charge in [0.05, 0.1) is 10.9 Å². The minimum absolute atomic E-state index is 0.217. The van der Waals surface area contributed by atoms with Crippen molar-refractivity contribution < 1.29 is 8.42 Å². The molecule has 22 heavy (non-hydrogen) atoms. The number of nitrogens with zero attached hydrogens (tertiary/aromatic N) is 2. The van der Waals surface area contributed by atoms with Crippen molar-refractivity contribution in [1.29, 1.82) is 0 Å². The molecule has 4 rings (SSSR count). The van der Waals surface area contributed by atoms with Gasteiger partial charge in [-0.05, 0) is 37.1 Å². The SMILES string of the molecule is O=S(=O)(Nc1ccc(-c2cn3ccccc3n2)cc1)C1CC1. The number of anilines is 1. The zero-order valence-electron chi connectivity index (χ0n) is 11.8. The third-order valence-electron chi connectivity index (χ3n) is 3.77. The van der Waals surface area contributed by atoms with Crippen molar-refractivity contribution in [3.63, 3.8) is 0 Å². The Hall–Kier alpha value is -2.34. The summed E-state index contributed by atoms with van der Waals surface area (Å²) in [6.07, 6.45) is 5.42. The Kier molecular flexibility index (Phi) is 2.94. The van der Waals surface area contributed by atoms with Gasteiger partial charge < -0.3 is 4.40 Å². The van der Waals surface area contributed by atoms with Crippen LogP contribution in [0.5, 0.6) is 0 Å². The molecule has 0 bridgehead atoms. The van der Waals surface area contributed by atoms with Gasteiger partial charge in [-0.15, -0.1) is 0 Å². The van der Waals surface area contributed by atoms with Crippen LogP contribution in [-0.2, 0) is 10.0 Å². The van der Waals surface area contributed by atoms with E-state index < -0.39 is 10.0 Å². The van der Waals surface area contributed by atoms with Crippen molar-refractivity contribution >= 4 is 21.4 Å². The topological polar surface area (TPSA) is 63.5 Å². The average molecular weight is 313 g/mol. The summed E-state index contributed by atoms with van der Waals surface area (Å²) < 4.78 is 28.4. The molecule has 0 saturated heterocycles. The van der Waals surface area contributed by atoms with Crippen molar-refractivity contribution in [2.75, 3.05) is 4.72 Å². The maximum Gasteiger partial charge on any atom is 0.235 e. The standard InChI is InChI=1S/C16H15N3O2S/c20-22(21,14-8-9-14)18-13-6-4-12(5-7-13)15-11-19-10-2-1-3-16(19)17-15/h1-7,10-11,14,18H,8-9H2. The second kappa shape index (κ2) is 4.84. The molecule has 112 valence electrons. The molecule has 3 aromatic rings. The summed E-state index contributed by atoms with van der Waals surface area (Å²) >= 11 is 0. The van der Waals surface area contributed by atoms with E-state index in [-0.39, 0.29) is 5.25 Å². The van der Waals surface area contributed by atoms with E-state index in [1.54, 1.807) is 12.1 Å². The highest BCUT2D eigenvalue weighted by Gasteiger charge is 2.35. The molecule has 1 N–H and O–H groups in total. The Morgan fingerprint density at radius 3 is 2.55 bits per heavy atom. The predicted octanol–water partition coefficient (Wildman–Crippen LogP) is 2.91. The van der Waals surface area contributed by atoms with E-state index in [0.717, 1.165) is 29.7 Å². The Labute approximate surface area is 128 Å². The Morgan fingerprint density at radius 1 is 1.09 bits per heavy atom. The number of benzene rings is 1. The number of sulfonamides is 1. The second-order valence-corrected chi connectivity index (χ2v) is 7.48. The number of pyridine rings is 1. The van der Waals surface area contributed by atoms with E-state index >= 15 is 0 Å². The summed E-state index contributed by atoms with van der Waals surface area (Å²) in [5, 5.41) is -0.217. The molecule has 1 aromatic carbocycles. The third-order valence-corrected chi connectivity index (χ3v) is 5.64. The quantitative estimate of drug-likeness (QED) is 0.805. The molecule has 0 unspecified atom stereocenters. The number of hydrogen-bond donors (Lipinski definition) is 1. The summed E-state index contributed by atoms with van der Waals surface area (Å²) in [6.45, 7) is 0. The third kappa shape index (κ3) is 2.46. The van der Waals surface area contributed by atoms with Crippen LogP contribution < -0.4 is 4.72 Å². The lowest BCUT2D eigenvalue weighted by molar-refractivity contribution is 0.600. The highest BCUT2D eigenvalue weighted by Crippen LogP contribution is 2.30. The van der Waals surface area contributed by atoms with Crippen LogP contribution in [0.1, 0.15) is 12.8 Å². The van der Waals surface area contributed by atoms with Crippen LogP contribution in [0.25, 0.3) is 16.9 Å². The molecule has 2 aromatic heterocycles. The molecule has 1 aliphatic rings. The van der Waals surface area contributed by atoms with Crippen molar-refractivity contribution in [3.05, 3.63) is 54.9 Å². The van der Waals surface area contributed by atoms with E-state index in [1.807, 2.05) is 47.1 Å². The van der Waals surface area contributed by atoms with E-state index in [2.05, 4.69) is 9.71 Å². The van der Waals surface area contributed by atoms with Gasteiger partial charge in [0.25, 0.3) is 0 Å². The van der Waals surface area contributed by atoms with E-state index in [0.29, 0.717) is 5.69 Å². The first-order chi connectivity index (χ1) is 10.6. The van der Waals surface area contributed by atoms with Crippen LogP contribution >= 0.6 is 0 Å². The summed E-state index contributed by atoms with van der Waals surface area (Å²) in [5.41, 5.74) is 3.30. The Bertz CT molecular complexity index is 892. The summed E-state index contributed by atoms with van der Waals surface area (Å²) in [6, 6.07) is 13.2. The maximum atomic E-state index is 11.9. The fourth-order valence-corrected chi connectivity index (χ4v) is 3.80. The summed E-state index contributed by atoms with van der Waals surface area (Å²) in [5.74, 6) is 0. The number of rotatable bonds is 4. The number of hydrogen-bond acceptors (Lipinski definition) is 3. The highest BCUT2D eigenvalue weighted by atomic mass is 32.2. The van der Waals surface area contributed by atoms with Gasteiger partial charge in [0.2, 0.25) is 10.0 Å². The van der Waals surface area contributed by atoms with Gasteiger partial charge in [-0.3, -0.25) is 4.72 Å². The molecule has 5 nitrogen and oxygen atoms in total. The predicted molar refractivity (Wildman–Crippen MR) is 86.2 cm³/mol. The smallest absolute Gasteiger partial charge is 0.235 e. The first-order valence-corrected chi connectivity index (χ1v) is 8.72. The van der Waals surface area contributed by atoms with Gasteiger partial charge >= 0.3 is 0 Å². The first-order valence-electron chi connectivity index (χ1n) is 7.18. The molecule has 6 heteroatoms. The maximum absolute atomic E-state index is 11.9. The Balaban J connectivity index is 1.61. The molecule has 0 radical (unpaired) electrons. The Morgan fingerprint density at radius 2 is 1.86 bits per heavy atom. The van der Waals surface area contributed by atoms with Crippen molar-refractivity contribution in [3.8, 4) is 11.3 Å². The van der Waals surface area contributed by atoms with Crippen LogP contribution in [0.3, 0.4) is 0 Å². The average Bonchev–Trinajstić information content (AvgIpc) is 3.28. The normalized spacial score (nSPS) is 15.1. The molecule has 0 atom stereocenters. The zero-order chi connectivity index (χ0) is 15.2. The van der Waals surface area contributed by atoms with Gasteiger partial charge in [-0.1, -0.05) is 18.2 Å². The fourth-order valence-electron chi connectivity index (χ4n) is 2.41. The molecule has 2 heterocycles. The van der Waals surface area contributed by atoms with Crippen molar-refractivity contribution in [1.82, 2.24) is 9.38 Å². The van der Waals surface area contributed by atoms with E-state index in [9.17, 15) is 8.42 Å². The monoisotopic (exact) mass is 313 g/mol. The van der Waals surface area contributed by atoms with E-state index in [1.165, 1.54) is 0 Å². The first kappa shape index (κ1) is 13.3. The number of fused-ring (bicyclic) bond motifs is 1. The van der Waals surface area contributed by atoms with Crippen molar-refractivity contribution in [2.24, 2.45) is 0 Å². The van der Waals surface area contributed by atoms with Crippen LogP contribution in [0.15, 0.2) is 54.9 Å². The largest absolute Gasteiger partial charge is 0.306 e. The lowest BCUT2D eigenvalue weighted by Crippen LogP contribution is -2.17. The minimum Gasteiger partial charge on any atom is -0.306 e. The lowest BCUT2D eigenvalue weighted by atomic mass is 10.1. The molecule has 0 aliphatic heterocycles. The summed E-state index contributed by atoms with van der Waals surface area (Å²) in [4.78, 5) is 4.55. The number of imidazole rings is 1. The minimum atomic E-state index is -3.21. The molecule has 1 fully saturated rings. The molecule has 0 spiro atoms. The van der Waals surface area contributed by atoms with Crippen LogP contribution in [0.2, 0.25) is 0 Å². The molecular weight excluding hydrogens is 298 g/mol. The molecule has 0 amide bonds. The molecule has 1 saturated carbocycles. The second-order valence-electron chi connectivity index (χ2n) is 5.52. The van der Waals surface area contributed by atoms with Crippen LogP contribution in [-0.4, -0.2) is 23.1 Å². The van der Waals surface area contributed by atoms with Crippen LogP contribution in [0, 0.1) is 0 Å².